The second kappa shape index (κ2) is 3.49. The van der Waals surface area contributed by atoms with Gasteiger partial charge in [-0.05, 0) is 13.0 Å². The molecule has 4 nitrogen and oxygen atoms in total. The van der Waals surface area contributed by atoms with E-state index >= 15 is 0 Å². The highest BCUT2D eigenvalue weighted by Gasteiger charge is 2.40. The number of rotatable bonds is 0. The predicted octanol–water partition coefficient (Wildman–Crippen LogP) is 0.221. The molecule has 0 aromatic rings. The molecule has 1 N–H and O–H groups in total. The lowest BCUT2D eigenvalue weighted by atomic mass is 10.0. The summed E-state index contributed by atoms with van der Waals surface area (Å²) in [4.78, 5) is 12.7. The molecule has 2 aliphatic heterocycles. The molecule has 70 valence electrons. The van der Waals surface area contributed by atoms with Gasteiger partial charge in [-0.25, -0.2) is 4.79 Å². The number of halogens is 1. The summed E-state index contributed by atoms with van der Waals surface area (Å²) in [6.45, 7) is 1.79. The molecule has 2 unspecified atom stereocenters. The van der Waals surface area contributed by atoms with Crippen LogP contribution in [-0.4, -0.2) is 43.3 Å². The Labute approximate surface area is 77.7 Å². The van der Waals surface area contributed by atoms with Crippen molar-refractivity contribution >= 4 is 18.5 Å². The van der Waals surface area contributed by atoms with E-state index in [4.69, 9.17) is 4.74 Å². The molecule has 1 amide bonds. The number of hydrogen-bond donors (Lipinski definition) is 1. The normalized spacial score (nSPS) is 33.8. The standard InChI is InChI=1S/C7H12N2O2.ClH/c1-9-5-2-3-8-4-6(5)11-7(9)10;/h5-6,8H,2-4H2,1H3;1H. The van der Waals surface area contributed by atoms with Crippen molar-refractivity contribution in [3.05, 3.63) is 0 Å². The van der Waals surface area contributed by atoms with Gasteiger partial charge in [0.1, 0.15) is 6.10 Å². The zero-order valence-corrected chi connectivity index (χ0v) is 7.76. The molecule has 0 aromatic carbocycles. The van der Waals surface area contributed by atoms with Gasteiger partial charge in [0, 0.05) is 13.6 Å². The number of carbonyl (C=O) groups is 1. The summed E-state index contributed by atoms with van der Waals surface area (Å²) >= 11 is 0. The zero-order chi connectivity index (χ0) is 7.84. The number of amides is 1. The van der Waals surface area contributed by atoms with Gasteiger partial charge in [0.2, 0.25) is 0 Å². The van der Waals surface area contributed by atoms with Crippen molar-refractivity contribution in [2.45, 2.75) is 18.6 Å². The number of nitrogens with zero attached hydrogens (tertiary/aromatic N) is 1. The second-order valence-corrected chi connectivity index (χ2v) is 3.09. The number of fused-ring (bicyclic) bond motifs is 1. The molecule has 0 aromatic heterocycles. The molecule has 0 radical (unpaired) electrons. The Balaban J connectivity index is 0.000000720. The predicted molar refractivity (Wildman–Crippen MR) is 46.6 cm³/mol. The Kier molecular flexibility index (Phi) is 2.80. The molecule has 0 aliphatic carbocycles. The molecular formula is C7H13ClN2O2. The Morgan fingerprint density at radius 3 is 3.08 bits per heavy atom. The smallest absolute Gasteiger partial charge is 0.410 e. The molecular weight excluding hydrogens is 180 g/mol. The van der Waals surface area contributed by atoms with E-state index in [-0.39, 0.29) is 24.6 Å². The van der Waals surface area contributed by atoms with Crippen molar-refractivity contribution in [2.24, 2.45) is 0 Å². The van der Waals surface area contributed by atoms with E-state index in [2.05, 4.69) is 5.32 Å². The van der Waals surface area contributed by atoms with E-state index in [1.807, 2.05) is 0 Å². The van der Waals surface area contributed by atoms with Crippen molar-refractivity contribution < 1.29 is 9.53 Å². The van der Waals surface area contributed by atoms with E-state index in [9.17, 15) is 4.79 Å². The lowest BCUT2D eigenvalue weighted by molar-refractivity contribution is 0.121. The summed E-state index contributed by atoms with van der Waals surface area (Å²) in [7, 11) is 1.80. The molecule has 2 fully saturated rings. The van der Waals surface area contributed by atoms with Crippen LogP contribution in [0.2, 0.25) is 0 Å². The topological polar surface area (TPSA) is 41.6 Å². The number of nitrogens with one attached hydrogen (secondary N) is 1. The summed E-state index contributed by atoms with van der Waals surface area (Å²) in [6.07, 6.45) is 0.914. The molecule has 0 saturated carbocycles. The summed E-state index contributed by atoms with van der Waals surface area (Å²) in [5.41, 5.74) is 0. The lowest BCUT2D eigenvalue weighted by Crippen LogP contribution is -2.46. The Hall–Kier alpha value is -0.480. The molecule has 2 aliphatic rings. The lowest BCUT2D eigenvalue weighted by Gasteiger charge is -2.26. The molecule has 12 heavy (non-hydrogen) atoms. The average Bonchev–Trinajstić information content (AvgIpc) is 2.30. The highest BCUT2D eigenvalue weighted by atomic mass is 35.5. The second-order valence-electron chi connectivity index (χ2n) is 3.09. The summed E-state index contributed by atoms with van der Waals surface area (Å²) in [5.74, 6) is 0. The molecule has 2 atom stereocenters. The maximum atomic E-state index is 11.0. The highest BCUT2D eigenvalue weighted by Crippen LogP contribution is 2.21. The maximum absolute atomic E-state index is 11.0. The van der Waals surface area contributed by atoms with Gasteiger partial charge >= 0.3 is 6.09 Å². The summed E-state index contributed by atoms with van der Waals surface area (Å²) in [6, 6.07) is 0.309. The first-order valence-corrected chi connectivity index (χ1v) is 3.93. The van der Waals surface area contributed by atoms with Crippen LogP contribution in [0.3, 0.4) is 0 Å². The van der Waals surface area contributed by atoms with Gasteiger partial charge in [0.15, 0.2) is 0 Å². The quantitative estimate of drug-likeness (QED) is 0.597. The van der Waals surface area contributed by atoms with E-state index in [0.717, 1.165) is 19.5 Å². The molecule has 2 saturated heterocycles. The SMILES string of the molecule is CN1C(=O)OC2CNCCC21.Cl. The zero-order valence-electron chi connectivity index (χ0n) is 6.95. The van der Waals surface area contributed by atoms with Gasteiger partial charge in [0.25, 0.3) is 0 Å². The van der Waals surface area contributed by atoms with Crippen LogP contribution in [0.4, 0.5) is 4.79 Å². The number of ether oxygens (including phenoxy) is 1. The summed E-state index contributed by atoms with van der Waals surface area (Å²) in [5, 5.41) is 3.19. The number of piperidine rings is 1. The Morgan fingerprint density at radius 1 is 1.67 bits per heavy atom. The first-order chi connectivity index (χ1) is 5.29. The number of likely N-dealkylation sites (N-methyl/N-ethyl adjacent to an activating group) is 1. The number of hydrogen-bond acceptors (Lipinski definition) is 3. The third-order valence-corrected chi connectivity index (χ3v) is 2.43. The van der Waals surface area contributed by atoms with Crippen LogP contribution in [0.15, 0.2) is 0 Å². The van der Waals surface area contributed by atoms with Gasteiger partial charge < -0.3 is 15.0 Å². The van der Waals surface area contributed by atoms with E-state index in [1.54, 1.807) is 11.9 Å². The minimum atomic E-state index is -0.177. The fourth-order valence-corrected chi connectivity index (χ4v) is 1.73. The van der Waals surface area contributed by atoms with Crippen LogP contribution in [0, 0.1) is 0 Å². The fourth-order valence-electron chi connectivity index (χ4n) is 1.73. The third-order valence-electron chi connectivity index (χ3n) is 2.43. The van der Waals surface area contributed by atoms with Gasteiger partial charge in [-0.2, -0.15) is 0 Å². The van der Waals surface area contributed by atoms with Crippen LogP contribution in [-0.2, 0) is 4.74 Å². The minimum absolute atomic E-state index is 0. The van der Waals surface area contributed by atoms with Crippen LogP contribution in [0.25, 0.3) is 0 Å². The van der Waals surface area contributed by atoms with Gasteiger partial charge in [-0.3, -0.25) is 0 Å². The summed E-state index contributed by atoms with van der Waals surface area (Å²) < 4.78 is 5.10. The van der Waals surface area contributed by atoms with E-state index in [1.165, 1.54) is 0 Å². The number of carbonyl (C=O) groups excluding carboxylic acids is 1. The van der Waals surface area contributed by atoms with Crippen LogP contribution < -0.4 is 5.32 Å². The maximum Gasteiger partial charge on any atom is 0.410 e. The Bertz CT molecular complexity index is 188. The van der Waals surface area contributed by atoms with Crippen molar-refractivity contribution in [1.29, 1.82) is 0 Å². The molecule has 0 bridgehead atoms. The Morgan fingerprint density at radius 2 is 2.42 bits per heavy atom. The third kappa shape index (κ3) is 1.36. The van der Waals surface area contributed by atoms with E-state index in [0.29, 0.717) is 6.04 Å². The largest absolute Gasteiger partial charge is 0.443 e. The minimum Gasteiger partial charge on any atom is -0.443 e. The van der Waals surface area contributed by atoms with Crippen molar-refractivity contribution in [3.8, 4) is 0 Å². The van der Waals surface area contributed by atoms with Gasteiger partial charge in [-0.15, -0.1) is 12.4 Å². The van der Waals surface area contributed by atoms with Crippen LogP contribution in [0.1, 0.15) is 6.42 Å². The first kappa shape index (κ1) is 9.61. The van der Waals surface area contributed by atoms with E-state index < -0.39 is 0 Å². The average molecular weight is 193 g/mol. The van der Waals surface area contributed by atoms with Crippen molar-refractivity contribution in [3.63, 3.8) is 0 Å². The van der Waals surface area contributed by atoms with Crippen molar-refractivity contribution in [1.82, 2.24) is 10.2 Å². The highest BCUT2D eigenvalue weighted by molar-refractivity contribution is 5.85. The fraction of sp³-hybridized carbons (Fsp3) is 0.857. The van der Waals surface area contributed by atoms with Crippen molar-refractivity contribution in [2.75, 3.05) is 20.1 Å². The van der Waals surface area contributed by atoms with Crippen LogP contribution >= 0.6 is 12.4 Å². The molecule has 2 heterocycles. The van der Waals surface area contributed by atoms with Gasteiger partial charge in [0.05, 0.1) is 6.04 Å². The molecule has 2 rings (SSSR count). The first-order valence-electron chi connectivity index (χ1n) is 3.93. The monoisotopic (exact) mass is 192 g/mol. The van der Waals surface area contributed by atoms with Gasteiger partial charge in [-0.1, -0.05) is 0 Å². The molecule has 5 heteroatoms. The van der Waals surface area contributed by atoms with Crippen LogP contribution in [0.5, 0.6) is 0 Å². The molecule has 0 spiro atoms.